The Morgan fingerprint density at radius 1 is 1.11 bits per heavy atom. The molecule has 3 heteroatoms. The van der Waals surface area contributed by atoms with Gasteiger partial charge in [0.2, 0.25) is 0 Å². The topological polar surface area (TPSA) is 32.3 Å². The molecule has 100 valence electrons. The zero-order chi connectivity index (χ0) is 13.8. The fourth-order valence-corrected chi connectivity index (χ4v) is 2.12. The second-order valence-electron chi connectivity index (χ2n) is 4.83. The molecule has 19 heavy (non-hydrogen) atoms. The minimum Gasteiger partial charge on any atom is -0.387 e. The molecule has 0 aromatic heterocycles. The van der Waals surface area contributed by atoms with E-state index in [9.17, 15) is 9.50 Å². The molecule has 2 nitrogen and oxygen atoms in total. The third-order valence-electron chi connectivity index (χ3n) is 2.95. The maximum Gasteiger partial charge on any atom is 0.123 e. The first-order valence-corrected chi connectivity index (χ1v) is 6.30. The van der Waals surface area contributed by atoms with Gasteiger partial charge in [0, 0.05) is 12.2 Å². The molecule has 0 saturated heterocycles. The largest absolute Gasteiger partial charge is 0.387 e. The summed E-state index contributed by atoms with van der Waals surface area (Å²) in [5, 5.41) is 13.2. The minimum atomic E-state index is -0.725. The van der Waals surface area contributed by atoms with Gasteiger partial charge in [-0.2, -0.15) is 0 Å². The van der Waals surface area contributed by atoms with Crippen molar-refractivity contribution in [1.82, 2.24) is 0 Å². The summed E-state index contributed by atoms with van der Waals surface area (Å²) >= 11 is 0. The molecular weight excluding hydrogens is 241 g/mol. The molecule has 0 radical (unpaired) electrons. The van der Waals surface area contributed by atoms with Crippen LogP contribution < -0.4 is 5.32 Å². The summed E-state index contributed by atoms with van der Waals surface area (Å²) in [5.74, 6) is -0.331. The van der Waals surface area contributed by atoms with Gasteiger partial charge in [0.05, 0.1) is 6.10 Å². The SMILES string of the molecule is Cc1cc(C)cc(NCC(O)c2cccc(F)c2)c1. The lowest BCUT2D eigenvalue weighted by Crippen LogP contribution is -2.12. The van der Waals surface area contributed by atoms with E-state index >= 15 is 0 Å². The lowest BCUT2D eigenvalue weighted by molar-refractivity contribution is 0.191. The molecule has 0 bridgehead atoms. The van der Waals surface area contributed by atoms with Crippen LogP contribution in [0, 0.1) is 19.7 Å². The molecule has 2 rings (SSSR count). The smallest absolute Gasteiger partial charge is 0.123 e. The average Bonchev–Trinajstić information content (AvgIpc) is 2.35. The van der Waals surface area contributed by atoms with E-state index < -0.39 is 6.10 Å². The van der Waals surface area contributed by atoms with Crippen LogP contribution in [0.3, 0.4) is 0 Å². The highest BCUT2D eigenvalue weighted by atomic mass is 19.1. The number of hydrogen-bond acceptors (Lipinski definition) is 2. The van der Waals surface area contributed by atoms with Crippen LogP contribution in [0.2, 0.25) is 0 Å². The highest BCUT2D eigenvalue weighted by molar-refractivity contribution is 5.48. The van der Waals surface area contributed by atoms with E-state index in [0.29, 0.717) is 12.1 Å². The van der Waals surface area contributed by atoms with E-state index in [1.54, 1.807) is 12.1 Å². The quantitative estimate of drug-likeness (QED) is 0.879. The van der Waals surface area contributed by atoms with Gasteiger partial charge in [0.15, 0.2) is 0 Å². The predicted octanol–water partition coefficient (Wildman–Crippen LogP) is 3.59. The van der Waals surface area contributed by atoms with Crippen LogP contribution >= 0.6 is 0 Å². The van der Waals surface area contributed by atoms with E-state index in [-0.39, 0.29) is 5.82 Å². The molecule has 0 amide bonds. The van der Waals surface area contributed by atoms with Crippen LogP contribution in [0.15, 0.2) is 42.5 Å². The van der Waals surface area contributed by atoms with E-state index in [0.717, 1.165) is 5.69 Å². The molecule has 0 aliphatic carbocycles. The standard InChI is InChI=1S/C16H18FNO/c1-11-6-12(2)8-15(7-11)18-10-16(19)13-4-3-5-14(17)9-13/h3-9,16,18-19H,10H2,1-2H3. The number of rotatable bonds is 4. The van der Waals surface area contributed by atoms with Gasteiger partial charge >= 0.3 is 0 Å². The summed E-state index contributed by atoms with van der Waals surface area (Å²) in [6.07, 6.45) is -0.725. The summed E-state index contributed by atoms with van der Waals surface area (Å²) in [5.41, 5.74) is 3.88. The first-order valence-electron chi connectivity index (χ1n) is 6.30. The summed E-state index contributed by atoms with van der Waals surface area (Å²) < 4.78 is 13.1. The average molecular weight is 259 g/mol. The number of aliphatic hydroxyl groups excluding tert-OH is 1. The molecule has 0 heterocycles. The molecule has 0 spiro atoms. The first-order chi connectivity index (χ1) is 9.04. The first kappa shape index (κ1) is 13.6. The van der Waals surface area contributed by atoms with Gasteiger partial charge in [-0.25, -0.2) is 4.39 Å². The number of aryl methyl sites for hydroxylation is 2. The van der Waals surface area contributed by atoms with E-state index in [4.69, 9.17) is 0 Å². The van der Waals surface area contributed by atoms with Crippen molar-refractivity contribution in [1.29, 1.82) is 0 Å². The Hall–Kier alpha value is -1.87. The molecule has 0 fully saturated rings. The zero-order valence-corrected chi connectivity index (χ0v) is 11.2. The molecular formula is C16H18FNO. The maximum atomic E-state index is 13.1. The molecule has 2 N–H and O–H groups in total. The van der Waals surface area contributed by atoms with Crippen LogP contribution in [-0.2, 0) is 0 Å². The Morgan fingerprint density at radius 2 is 1.79 bits per heavy atom. The molecule has 2 aromatic carbocycles. The predicted molar refractivity (Wildman–Crippen MR) is 75.8 cm³/mol. The van der Waals surface area contributed by atoms with Crippen LogP contribution in [0.4, 0.5) is 10.1 Å². The third-order valence-corrected chi connectivity index (χ3v) is 2.95. The number of hydrogen-bond donors (Lipinski definition) is 2. The normalized spacial score (nSPS) is 12.2. The number of aliphatic hydroxyl groups is 1. The molecule has 0 aliphatic rings. The van der Waals surface area contributed by atoms with E-state index in [1.807, 2.05) is 26.0 Å². The van der Waals surface area contributed by atoms with Gasteiger partial charge < -0.3 is 10.4 Å². The highest BCUT2D eigenvalue weighted by Crippen LogP contribution is 2.17. The minimum absolute atomic E-state index is 0.331. The van der Waals surface area contributed by atoms with Crippen molar-refractivity contribution >= 4 is 5.69 Å². The molecule has 1 unspecified atom stereocenters. The van der Waals surface area contributed by atoms with E-state index in [1.165, 1.54) is 23.3 Å². The number of anilines is 1. The number of nitrogens with one attached hydrogen (secondary N) is 1. The summed E-state index contributed by atoms with van der Waals surface area (Å²) in [6.45, 7) is 4.41. The Kier molecular flexibility index (Phi) is 4.17. The van der Waals surface area contributed by atoms with Crippen molar-refractivity contribution in [3.8, 4) is 0 Å². The Labute approximate surface area is 112 Å². The second kappa shape index (κ2) is 5.85. The van der Waals surface area contributed by atoms with E-state index in [2.05, 4.69) is 11.4 Å². The summed E-state index contributed by atoms with van der Waals surface area (Å²) in [7, 11) is 0. The van der Waals surface area contributed by atoms with Crippen molar-refractivity contribution in [2.24, 2.45) is 0 Å². The Balaban J connectivity index is 2.02. The van der Waals surface area contributed by atoms with Crippen LogP contribution in [-0.4, -0.2) is 11.7 Å². The number of halogens is 1. The lowest BCUT2D eigenvalue weighted by atomic mass is 10.1. The Bertz CT molecular complexity index is 548. The zero-order valence-electron chi connectivity index (χ0n) is 11.2. The van der Waals surface area contributed by atoms with Gasteiger partial charge in [-0.3, -0.25) is 0 Å². The van der Waals surface area contributed by atoms with Crippen molar-refractivity contribution in [2.75, 3.05) is 11.9 Å². The highest BCUT2D eigenvalue weighted by Gasteiger charge is 2.08. The second-order valence-corrected chi connectivity index (χ2v) is 4.83. The van der Waals surface area contributed by atoms with Crippen LogP contribution in [0.1, 0.15) is 22.8 Å². The van der Waals surface area contributed by atoms with Gasteiger partial charge in [0.25, 0.3) is 0 Å². The molecule has 2 aromatic rings. The van der Waals surface area contributed by atoms with Crippen molar-refractivity contribution < 1.29 is 9.50 Å². The van der Waals surface area contributed by atoms with Gasteiger partial charge in [-0.05, 0) is 54.8 Å². The summed E-state index contributed by atoms with van der Waals surface area (Å²) in [4.78, 5) is 0. The number of benzene rings is 2. The van der Waals surface area contributed by atoms with Crippen LogP contribution in [0.25, 0.3) is 0 Å². The van der Waals surface area contributed by atoms with Gasteiger partial charge in [-0.15, -0.1) is 0 Å². The molecule has 1 atom stereocenters. The molecule has 0 aliphatic heterocycles. The monoisotopic (exact) mass is 259 g/mol. The lowest BCUT2D eigenvalue weighted by Gasteiger charge is -2.14. The molecule has 0 saturated carbocycles. The fourth-order valence-electron chi connectivity index (χ4n) is 2.12. The van der Waals surface area contributed by atoms with Crippen molar-refractivity contribution in [2.45, 2.75) is 20.0 Å². The van der Waals surface area contributed by atoms with Crippen molar-refractivity contribution in [3.05, 3.63) is 65.0 Å². The van der Waals surface area contributed by atoms with Crippen LogP contribution in [0.5, 0.6) is 0 Å². The third kappa shape index (κ3) is 3.80. The van der Waals surface area contributed by atoms with Crippen molar-refractivity contribution in [3.63, 3.8) is 0 Å². The van der Waals surface area contributed by atoms with Gasteiger partial charge in [-0.1, -0.05) is 18.2 Å². The fraction of sp³-hybridized carbons (Fsp3) is 0.250. The maximum absolute atomic E-state index is 13.1. The van der Waals surface area contributed by atoms with Gasteiger partial charge in [0.1, 0.15) is 5.82 Å². The summed E-state index contributed by atoms with van der Waals surface area (Å²) in [6, 6.07) is 12.2. The Morgan fingerprint density at radius 3 is 2.42 bits per heavy atom.